The van der Waals surface area contributed by atoms with E-state index in [-0.39, 0.29) is 0 Å². The number of nitrogens with two attached hydrogens (primary N) is 1. The van der Waals surface area contributed by atoms with Crippen molar-refractivity contribution in [3.05, 3.63) is 52.5 Å². The predicted molar refractivity (Wildman–Crippen MR) is 66.9 cm³/mol. The van der Waals surface area contributed by atoms with Gasteiger partial charge < -0.3 is 5.73 Å². The third-order valence-corrected chi connectivity index (χ3v) is 2.63. The molecule has 16 heavy (non-hydrogen) atoms. The molecule has 2 aromatic rings. The van der Waals surface area contributed by atoms with Crippen LogP contribution in [-0.2, 0) is 0 Å². The Kier molecular flexibility index (Phi) is 3.40. The SMILES string of the molecule is N/C(=N\N=C\c1cccs1)c1ccccn1. The van der Waals surface area contributed by atoms with Gasteiger partial charge in [0.25, 0.3) is 0 Å². The molecule has 0 aromatic carbocycles. The summed E-state index contributed by atoms with van der Waals surface area (Å²) >= 11 is 1.60. The van der Waals surface area contributed by atoms with Gasteiger partial charge in [0.2, 0.25) is 0 Å². The van der Waals surface area contributed by atoms with Crippen molar-refractivity contribution in [2.45, 2.75) is 0 Å². The molecule has 0 atom stereocenters. The predicted octanol–water partition coefficient (Wildman–Crippen LogP) is 1.88. The maximum atomic E-state index is 5.71. The number of rotatable bonds is 3. The van der Waals surface area contributed by atoms with Gasteiger partial charge in [-0.3, -0.25) is 4.98 Å². The van der Waals surface area contributed by atoms with Crippen LogP contribution in [0.2, 0.25) is 0 Å². The van der Waals surface area contributed by atoms with Gasteiger partial charge in [-0.15, -0.1) is 16.4 Å². The molecule has 80 valence electrons. The highest BCUT2D eigenvalue weighted by molar-refractivity contribution is 7.11. The molecule has 0 aliphatic heterocycles. The highest BCUT2D eigenvalue weighted by Gasteiger charge is 1.96. The highest BCUT2D eigenvalue weighted by Crippen LogP contribution is 2.04. The van der Waals surface area contributed by atoms with E-state index < -0.39 is 0 Å². The quantitative estimate of drug-likeness (QED) is 0.497. The molecule has 2 N–H and O–H groups in total. The molecular weight excluding hydrogens is 220 g/mol. The van der Waals surface area contributed by atoms with E-state index in [1.54, 1.807) is 29.8 Å². The van der Waals surface area contributed by atoms with Crippen LogP contribution in [0.15, 0.2) is 52.1 Å². The van der Waals surface area contributed by atoms with Crippen molar-refractivity contribution in [1.82, 2.24) is 4.98 Å². The minimum absolute atomic E-state index is 0.313. The van der Waals surface area contributed by atoms with Crippen LogP contribution in [0.4, 0.5) is 0 Å². The molecule has 0 aliphatic rings. The normalized spacial score (nSPS) is 12.1. The Morgan fingerprint density at radius 3 is 2.94 bits per heavy atom. The molecular formula is C11H10N4S. The van der Waals surface area contributed by atoms with Crippen molar-refractivity contribution in [1.29, 1.82) is 0 Å². The largest absolute Gasteiger partial charge is 0.380 e. The minimum atomic E-state index is 0.313. The van der Waals surface area contributed by atoms with Gasteiger partial charge in [-0.1, -0.05) is 12.1 Å². The van der Waals surface area contributed by atoms with Gasteiger partial charge in [0.15, 0.2) is 5.84 Å². The van der Waals surface area contributed by atoms with Crippen LogP contribution in [0.5, 0.6) is 0 Å². The highest BCUT2D eigenvalue weighted by atomic mass is 32.1. The van der Waals surface area contributed by atoms with Crippen molar-refractivity contribution in [3.8, 4) is 0 Å². The fraction of sp³-hybridized carbons (Fsp3) is 0. The molecule has 4 nitrogen and oxygen atoms in total. The van der Waals surface area contributed by atoms with E-state index in [9.17, 15) is 0 Å². The lowest BCUT2D eigenvalue weighted by molar-refractivity contribution is 1.20. The summed E-state index contributed by atoms with van der Waals surface area (Å²) in [5.74, 6) is 0.313. The second-order valence-corrected chi connectivity index (χ2v) is 3.94. The molecule has 2 aromatic heterocycles. The standard InChI is InChI=1S/C11H10N4S/c12-11(10-5-1-2-6-13-10)15-14-8-9-4-3-7-16-9/h1-8H,(H2,12,15)/b14-8+. The summed E-state index contributed by atoms with van der Waals surface area (Å²) in [4.78, 5) is 5.11. The second-order valence-electron chi connectivity index (χ2n) is 2.96. The van der Waals surface area contributed by atoms with E-state index in [1.165, 1.54) is 0 Å². The maximum Gasteiger partial charge on any atom is 0.171 e. The number of nitrogens with zero attached hydrogens (tertiary/aromatic N) is 3. The van der Waals surface area contributed by atoms with E-state index >= 15 is 0 Å². The van der Waals surface area contributed by atoms with Crippen LogP contribution < -0.4 is 5.73 Å². The van der Waals surface area contributed by atoms with Crippen LogP contribution in [0.25, 0.3) is 0 Å². The van der Waals surface area contributed by atoms with Gasteiger partial charge in [0.1, 0.15) is 5.69 Å². The Labute approximate surface area is 97.2 Å². The lowest BCUT2D eigenvalue weighted by atomic mass is 10.3. The Balaban J connectivity index is 2.08. The Morgan fingerprint density at radius 2 is 2.25 bits per heavy atom. The topological polar surface area (TPSA) is 63.6 Å². The van der Waals surface area contributed by atoms with E-state index in [0.717, 1.165) is 4.88 Å². The van der Waals surface area contributed by atoms with Gasteiger partial charge in [-0.25, -0.2) is 0 Å². The van der Waals surface area contributed by atoms with Gasteiger partial charge in [0.05, 0.1) is 6.21 Å². The van der Waals surface area contributed by atoms with Gasteiger partial charge in [-0.2, -0.15) is 5.10 Å². The fourth-order valence-corrected chi connectivity index (χ4v) is 1.66. The van der Waals surface area contributed by atoms with Crippen LogP contribution in [0, 0.1) is 0 Å². The molecule has 0 bridgehead atoms. The first-order chi connectivity index (χ1) is 7.86. The average Bonchev–Trinajstić information content (AvgIpc) is 2.83. The molecule has 0 saturated carbocycles. The molecule has 2 heterocycles. The van der Waals surface area contributed by atoms with Crippen LogP contribution >= 0.6 is 11.3 Å². The third-order valence-electron chi connectivity index (χ3n) is 1.82. The number of hydrogen-bond acceptors (Lipinski definition) is 4. The zero-order chi connectivity index (χ0) is 11.2. The summed E-state index contributed by atoms with van der Waals surface area (Å²) in [6.45, 7) is 0. The van der Waals surface area contributed by atoms with Crippen LogP contribution in [-0.4, -0.2) is 17.0 Å². The van der Waals surface area contributed by atoms with E-state index in [2.05, 4.69) is 15.2 Å². The van der Waals surface area contributed by atoms with Gasteiger partial charge in [0, 0.05) is 11.1 Å². The third kappa shape index (κ3) is 2.74. The number of pyridine rings is 1. The zero-order valence-corrected chi connectivity index (χ0v) is 9.26. The first-order valence-corrected chi connectivity index (χ1v) is 5.55. The molecule has 0 unspecified atom stereocenters. The van der Waals surface area contributed by atoms with Crippen molar-refractivity contribution in [2.24, 2.45) is 15.9 Å². The maximum absolute atomic E-state index is 5.71. The molecule has 0 spiro atoms. The van der Waals surface area contributed by atoms with Crippen molar-refractivity contribution in [2.75, 3.05) is 0 Å². The molecule has 2 rings (SSSR count). The van der Waals surface area contributed by atoms with Crippen LogP contribution in [0.1, 0.15) is 10.6 Å². The Bertz CT molecular complexity index is 488. The molecule has 0 amide bonds. The summed E-state index contributed by atoms with van der Waals surface area (Å²) in [5.41, 5.74) is 6.34. The fourth-order valence-electron chi connectivity index (χ4n) is 1.08. The monoisotopic (exact) mass is 230 g/mol. The lowest BCUT2D eigenvalue weighted by Crippen LogP contribution is -2.14. The first kappa shape index (κ1) is 10.5. The lowest BCUT2D eigenvalue weighted by Gasteiger charge is -1.94. The second kappa shape index (κ2) is 5.18. The average molecular weight is 230 g/mol. The summed E-state index contributed by atoms with van der Waals surface area (Å²) in [6, 6.07) is 9.39. The summed E-state index contributed by atoms with van der Waals surface area (Å²) in [5, 5.41) is 9.76. The van der Waals surface area contributed by atoms with E-state index in [1.807, 2.05) is 29.6 Å². The number of thiophene rings is 1. The first-order valence-electron chi connectivity index (χ1n) is 4.67. The minimum Gasteiger partial charge on any atom is -0.380 e. The zero-order valence-electron chi connectivity index (χ0n) is 8.45. The smallest absolute Gasteiger partial charge is 0.171 e. The number of amidine groups is 1. The Morgan fingerprint density at radius 1 is 1.31 bits per heavy atom. The summed E-state index contributed by atoms with van der Waals surface area (Å²) in [7, 11) is 0. The van der Waals surface area contributed by atoms with Crippen molar-refractivity contribution in [3.63, 3.8) is 0 Å². The van der Waals surface area contributed by atoms with Crippen LogP contribution in [0.3, 0.4) is 0 Å². The summed E-state index contributed by atoms with van der Waals surface area (Å²) in [6.07, 6.45) is 3.33. The molecule has 0 aliphatic carbocycles. The molecule has 0 radical (unpaired) electrons. The van der Waals surface area contributed by atoms with Gasteiger partial charge >= 0.3 is 0 Å². The molecule has 0 saturated heterocycles. The summed E-state index contributed by atoms with van der Waals surface area (Å²) < 4.78 is 0. The van der Waals surface area contributed by atoms with Gasteiger partial charge in [-0.05, 0) is 23.6 Å². The van der Waals surface area contributed by atoms with E-state index in [4.69, 9.17) is 5.73 Å². The van der Waals surface area contributed by atoms with Crippen molar-refractivity contribution < 1.29 is 0 Å². The number of hydrogen-bond donors (Lipinski definition) is 1. The van der Waals surface area contributed by atoms with E-state index in [0.29, 0.717) is 11.5 Å². The number of aromatic nitrogens is 1. The van der Waals surface area contributed by atoms with Crippen molar-refractivity contribution >= 4 is 23.4 Å². The molecule has 5 heteroatoms. The molecule has 0 fully saturated rings. The Hall–Kier alpha value is -2.01.